The van der Waals surface area contributed by atoms with E-state index in [1.807, 2.05) is 7.05 Å². The van der Waals surface area contributed by atoms with Crippen LogP contribution in [0.15, 0.2) is 0 Å². The summed E-state index contributed by atoms with van der Waals surface area (Å²) in [6.45, 7) is 1.77. The Labute approximate surface area is 97.0 Å². The van der Waals surface area contributed by atoms with Crippen LogP contribution in [0.25, 0.3) is 0 Å². The summed E-state index contributed by atoms with van der Waals surface area (Å²) in [7, 11) is 1.93. The fraction of sp³-hybridized carbons (Fsp3) is 0.917. The standard InChI is InChI=1S/C12H22N2O2/c1-13-10-6-9(12(15)16)7-14(8-10)11-4-2-3-5-11/h9-11,13H,2-8H2,1H3,(H,15,16). The van der Waals surface area contributed by atoms with Gasteiger partial charge in [-0.15, -0.1) is 0 Å². The number of carbonyl (C=O) groups is 1. The van der Waals surface area contributed by atoms with E-state index in [1.165, 1.54) is 25.7 Å². The number of aliphatic carboxylic acids is 1. The average Bonchev–Trinajstić information content (AvgIpc) is 2.81. The molecule has 4 nitrogen and oxygen atoms in total. The molecule has 2 fully saturated rings. The van der Waals surface area contributed by atoms with Crippen molar-refractivity contribution in [1.29, 1.82) is 0 Å². The molecule has 2 N–H and O–H groups in total. The Hall–Kier alpha value is -0.610. The number of hydrogen-bond donors (Lipinski definition) is 2. The van der Waals surface area contributed by atoms with Gasteiger partial charge in [0.1, 0.15) is 0 Å². The predicted octanol–water partition coefficient (Wildman–Crippen LogP) is 0.923. The summed E-state index contributed by atoms with van der Waals surface area (Å²) in [5.74, 6) is -0.824. The third kappa shape index (κ3) is 2.55. The monoisotopic (exact) mass is 226 g/mol. The summed E-state index contributed by atoms with van der Waals surface area (Å²) in [4.78, 5) is 13.5. The molecular formula is C12H22N2O2. The van der Waals surface area contributed by atoms with Crippen LogP contribution in [0.3, 0.4) is 0 Å². The minimum absolute atomic E-state index is 0.188. The number of carboxylic acids is 1. The smallest absolute Gasteiger partial charge is 0.307 e. The van der Waals surface area contributed by atoms with Crippen LogP contribution in [-0.2, 0) is 4.79 Å². The molecule has 2 unspecified atom stereocenters. The number of rotatable bonds is 3. The molecule has 92 valence electrons. The second kappa shape index (κ2) is 5.15. The normalized spacial score (nSPS) is 33.1. The summed E-state index contributed by atoms with van der Waals surface area (Å²) in [6, 6.07) is 0.980. The van der Waals surface area contributed by atoms with Crippen molar-refractivity contribution in [2.45, 2.75) is 44.2 Å². The Morgan fingerprint density at radius 2 is 2.00 bits per heavy atom. The van der Waals surface area contributed by atoms with Crippen molar-refractivity contribution in [3.8, 4) is 0 Å². The summed E-state index contributed by atoms with van der Waals surface area (Å²) >= 11 is 0. The van der Waals surface area contributed by atoms with Crippen molar-refractivity contribution in [2.75, 3.05) is 20.1 Å². The topological polar surface area (TPSA) is 52.6 Å². The van der Waals surface area contributed by atoms with Crippen LogP contribution >= 0.6 is 0 Å². The molecule has 2 atom stereocenters. The first kappa shape index (κ1) is 11.9. The maximum Gasteiger partial charge on any atom is 0.307 e. The van der Waals surface area contributed by atoms with Gasteiger partial charge in [-0.2, -0.15) is 0 Å². The van der Waals surface area contributed by atoms with Gasteiger partial charge in [-0.3, -0.25) is 9.69 Å². The number of likely N-dealkylation sites (tertiary alicyclic amines) is 1. The predicted molar refractivity (Wildman–Crippen MR) is 62.4 cm³/mol. The van der Waals surface area contributed by atoms with E-state index in [9.17, 15) is 4.79 Å². The Morgan fingerprint density at radius 3 is 2.56 bits per heavy atom. The van der Waals surface area contributed by atoms with E-state index in [-0.39, 0.29) is 5.92 Å². The number of nitrogens with zero attached hydrogens (tertiary/aromatic N) is 1. The van der Waals surface area contributed by atoms with Crippen LogP contribution in [0.4, 0.5) is 0 Å². The van der Waals surface area contributed by atoms with E-state index < -0.39 is 5.97 Å². The van der Waals surface area contributed by atoms with Crippen molar-refractivity contribution < 1.29 is 9.90 Å². The zero-order chi connectivity index (χ0) is 11.5. The first-order valence-electron chi connectivity index (χ1n) is 6.35. The van der Waals surface area contributed by atoms with E-state index in [1.54, 1.807) is 0 Å². The molecule has 16 heavy (non-hydrogen) atoms. The van der Waals surface area contributed by atoms with Gasteiger partial charge in [-0.05, 0) is 26.3 Å². The molecule has 0 aromatic rings. The van der Waals surface area contributed by atoms with Crippen LogP contribution in [0.5, 0.6) is 0 Å². The number of hydrogen-bond acceptors (Lipinski definition) is 3. The molecule has 0 spiro atoms. The van der Waals surface area contributed by atoms with Gasteiger partial charge in [0.15, 0.2) is 0 Å². The molecule has 1 saturated carbocycles. The molecular weight excluding hydrogens is 204 g/mol. The van der Waals surface area contributed by atoms with E-state index in [4.69, 9.17) is 5.11 Å². The maximum absolute atomic E-state index is 11.1. The lowest BCUT2D eigenvalue weighted by atomic mass is 9.93. The fourth-order valence-corrected chi connectivity index (χ4v) is 3.09. The zero-order valence-electron chi connectivity index (χ0n) is 9.98. The van der Waals surface area contributed by atoms with E-state index >= 15 is 0 Å². The molecule has 4 heteroatoms. The number of likely N-dealkylation sites (N-methyl/N-ethyl adjacent to an activating group) is 1. The number of carboxylic acid groups (broad SMARTS) is 1. The van der Waals surface area contributed by atoms with Gasteiger partial charge in [0.2, 0.25) is 0 Å². The maximum atomic E-state index is 11.1. The van der Waals surface area contributed by atoms with Crippen LogP contribution in [-0.4, -0.2) is 48.2 Å². The van der Waals surface area contributed by atoms with Gasteiger partial charge in [0, 0.05) is 25.2 Å². The quantitative estimate of drug-likeness (QED) is 0.751. The lowest BCUT2D eigenvalue weighted by Crippen LogP contribution is -2.52. The van der Waals surface area contributed by atoms with E-state index in [0.29, 0.717) is 12.1 Å². The SMILES string of the molecule is CNC1CC(C(=O)O)CN(C2CCCC2)C1. The highest BCUT2D eigenvalue weighted by Gasteiger charge is 2.34. The summed E-state index contributed by atoms with van der Waals surface area (Å²) < 4.78 is 0. The fourth-order valence-electron chi connectivity index (χ4n) is 3.09. The Kier molecular flexibility index (Phi) is 3.82. The van der Waals surface area contributed by atoms with Crippen molar-refractivity contribution in [2.24, 2.45) is 5.92 Å². The first-order chi connectivity index (χ1) is 7.70. The van der Waals surface area contributed by atoms with Crippen molar-refractivity contribution >= 4 is 5.97 Å². The minimum Gasteiger partial charge on any atom is -0.481 e. The van der Waals surface area contributed by atoms with Crippen LogP contribution in [0.1, 0.15) is 32.1 Å². The lowest BCUT2D eigenvalue weighted by molar-refractivity contribution is -0.144. The molecule has 0 amide bonds. The van der Waals surface area contributed by atoms with Crippen molar-refractivity contribution in [1.82, 2.24) is 10.2 Å². The van der Waals surface area contributed by atoms with E-state index in [0.717, 1.165) is 19.5 Å². The lowest BCUT2D eigenvalue weighted by Gasteiger charge is -2.39. The highest BCUT2D eigenvalue weighted by atomic mass is 16.4. The third-order valence-corrected chi connectivity index (χ3v) is 4.08. The van der Waals surface area contributed by atoms with Gasteiger partial charge in [-0.1, -0.05) is 12.8 Å². The highest BCUT2D eigenvalue weighted by Crippen LogP contribution is 2.28. The average molecular weight is 226 g/mol. The second-order valence-corrected chi connectivity index (χ2v) is 5.15. The van der Waals surface area contributed by atoms with Crippen LogP contribution < -0.4 is 5.32 Å². The molecule has 1 saturated heterocycles. The number of nitrogens with one attached hydrogen (secondary N) is 1. The molecule has 2 rings (SSSR count). The van der Waals surface area contributed by atoms with Crippen molar-refractivity contribution in [3.05, 3.63) is 0 Å². The molecule has 0 bridgehead atoms. The third-order valence-electron chi connectivity index (χ3n) is 4.08. The van der Waals surface area contributed by atoms with E-state index in [2.05, 4.69) is 10.2 Å². The zero-order valence-corrected chi connectivity index (χ0v) is 9.98. The van der Waals surface area contributed by atoms with Gasteiger partial charge in [-0.25, -0.2) is 0 Å². The summed E-state index contributed by atoms with van der Waals surface area (Å²) in [6.07, 6.45) is 5.90. The second-order valence-electron chi connectivity index (χ2n) is 5.15. The molecule has 0 aromatic carbocycles. The Morgan fingerprint density at radius 1 is 1.31 bits per heavy atom. The van der Waals surface area contributed by atoms with Crippen LogP contribution in [0.2, 0.25) is 0 Å². The largest absolute Gasteiger partial charge is 0.481 e. The molecule has 1 heterocycles. The van der Waals surface area contributed by atoms with Crippen molar-refractivity contribution in [3.63, 3.8) is 0 Å². The van der Waals surface area contributed by atoms with Gasteiger partial charge in [0.25, 0.3) is 0 Å². The van der Waals surface area contributed by atoms with Gasteiger partial charge < -0.3 is 10.4 Å². The van der Waals surface area contributed by atoms with Crippen LogP contribution in [0, 0.1) is 5.92 Å². The minimum atomic E-state index is -0.636. The molecule has 0 aromatic heterocycles. The Balaban J connectivity index is 1.98. The molecule has 1 aliphatic heterocycles. The summed E-state index contributed by atoms with van der Waals surface area (Å²) in [5, 5.41) is 12.4. The van der Waals surface area contributed by atoms with Gasteiger partial charge in [0.05, 0.1) is 5.92 Å². The van der Waals surface area contributed by atoms with Gasteiger partial charge >= 0.3 is 5.97 Å². The highest BCUT2D eigenvalue weighted by molar-refractivity contribution is 5.70. The molecule has 1 aliphatic carbocycles. The molecule has 2 aliphatic rings. The summed E-state index contributed by atoms with van der Waals surface area (Å²) in [5.41, 5.74) is 0. The Bertz CT molecular complexity index is 251. The first-order valence-corrected chi connectivity index (χ1v) is 6.35. The molecule has 0 radical (unpaired) electrons. The number of piperidine rings is 1.